The van der Waals surface area contributed by atoms with Gasteiger partial charge in [-0.25, -0.2) is 4.98 Å². The van der Waals surface area contributed by atoms with Crippen LogP contribution in [0, 0.1) is 0 Å². The van der Waals surface area contributed by atoms with E-state index in [1.807, 2.05) is 0 Å². The van der Waals surface area contributed by atoms with Gasteiger partial charge in [0.2, 0.25) is 5.95 Å². The van der Waals surface area contributed by atoms with Crippen LogP contribution in [0.3, 0.4) is 0 Å². The molecule has 174 valence electrons. The average Bonchev–Trinajstić information content (AvgIpc) is 2.85. The third-order valence-electron chi connectivity index (χ3n) is 6.20. The topological polar surface area (TPSA) is 117 Å². The van der Waals surface area contributed by atoms with Crippen LogP contribution >= 0.6 is 0 Å². The maximum absolute atomic E-state index is 11.8. The van der Waals surface area contributed by atoms with Crippen molar-refractivity contribution < 1.29 is 9.47 Å². The fraction of sp³-hybridized carbons (Fsp3) is 0.478. The molecule has 1 aliphatic heterocycles. The highest BCUT2D eigenvalue weighted by Gasteiger charge is 2.24. The second-order valence-corrected chi connectivity index (χ2v) is 8.43. The Balaban J connectivity index is 1.27. The molecule has 1 aliphatic carbocycles. The second-order valence-electron chi connectivity index (χ2n) is 8.43. The number of nitrogens with zero attached hydrogens (tertiary/aromatic N) is 4. The molecule has 0 unspecified atom stereocenters. The number of rotatable bonds is 6. The molecule has 5 rings (SSSR count). The molecule has 0 radical (unpaired) electrons. The van der Waals surface area contributed by atoms with Crippen LogP contribution in [0.25, 0.3) is 11.0 Å². The van der Waals surface area contributed by atoms with Gasteiger partial charge in [0.05, 0.1) is 24.8 Å². The summed E-state index contributed by atoms with van der Waals surface area (Å²) in [6.07, 6.45) is 7.20. The Morgan fingerprint density at radius 2 is 1.88 bits per heavy atom. The van der Waals surface area contributed by atoms with Crippen molar-refractivity contribution in [2.45, 2.75) is 37.8 Å². The predicted molar refractivity (Wildman–Crippen MR) is 127 cm³/mol. The molecule has 1 saturated heterocycles. The first kappa shape index (κ1) is 21.4. The Bertz CT molecular complexity index is 1150. The minimum absolute atomic E-state index is 0.105. The minimum Gasteiger partial charge on any atom is -0.488 e. The van der Waals surface area contributed by atoms with Crippen LogP contribution < -0.4 is 25.8 Å². The third-order valence-corrected chi connectivity index (χ3v) is 6.20. The molecule has 0 amide bonds. The van der Waals surface area contributed by atoms with Crippen molar-refractivity contribution >= 4 is 28.5 Å². The number of morpholine rings is 1. The van der Waals surface area contributed by atoms with Gasteiger partial charge in [-0.05, 0) is 31.7 Å². The molecule has 1 aromatic carbocycles. The van der Waals surface area contributed by atoms with Crippen molar-refractivity contribution in [3.05, 3.63) is 40.9 Å². The maximum Gasteiger partial charge on any atom is 0.254 e. The molecule has 0 spiro atoms. The van der Waals surface area contributed by atoms with Crippen molar-refractivity contribution in [3.8, 4) is 5.75 Å². The molecular formula is C23H29N7O3. The number of fused-ring (bicyclic) bond motifs is 1. The van der Waals surface area contributed by atoms with Gasteiger partial charge >= 0.3 is 0 Å². The number of H-pyrrole nitrogens is 1. The summed E-state index contributed by atoms with van der Waals surface area (Å²) in [6, 6.07) is 5.91. The quantitative estimate of drug-likeness (QED) is 0.519. The van der Waals surface area contributed by atoms with E-state index in [4.69, 9.17) is 9.47 Å². The number of hydrogen-bond acceptors (Lipinski definition) is 9. The van der Waals surface area contributed by atoms with E-state index in [0.29, 0.717) is 11.8 Å². The zero-order chi connectivity index (χ0) is 22.6. The van der Waals surface area contributed by atoms with E-state index in [1.165, 1.54) is 6.07 Å². The number of hydrogen-bond donors (Lipinski definition) is 3. The van der Waals surface area contributed by atoms with Crippen molar-refractivity contribution in [2.75, 3.05) is 48.9 Å². The Kier molecular flexibility index (Phi) is 6.25. The lowest BCUT2D eigenvalue weighted by Crippen LogP contribution is -2.36. The van der Waals surface area contributed by atoms with Crippen LogP contribution in [0.15, 0.2) is 35.4 Å². The Morgan fingerprint density at radius 1 is 1.09 bits per heavy atom. The summed E-state index contributed by atoms with van der Waals surface area (Å²) >= 11 is 0. The normalized spacial score (nSPS) is 21.1. The van der Waals surface area contributed by atoms with Crippen LogP contribution in [0.5, 0.6) is 5.75 Å². The molecule has 33 heavy (non-hydrogen) atoms. The molecule has 3 heterocycles. The zero-order valence-electron chi connectivity index (χ0n) is 18.7. The van der Waals surface area contributed by atoms with E-state index in [-0.39, 0.29) is 17.7 Å². The fourth-order valence-corrected chi connectivity index (χ4v) is 4.49. The maximum atomic E-state index is 11.8. The molecule has 2 aromatic heterocycles. The Labute approximate surface area is 191 Å². The van der Waals surface area contributed by atoms with E-state index in [9.17, 15) is 4.79 Å². The highest BCUT2D eigenvalue weighted by molar-refractivity contribution is 5.85. The van der Waals surface area contributed by atoms with Crippen LogP contribution in [-0.2, 0) is 4.74 Å². The highest BCUT2D eigenvalue weighted by atomic mass is 16.5. The zero-order valence-corrected chi connectivity index (χ0v) is 18.7. The van der Waals surface area contributed by atoms with Gasteiger partial charge in [0.15, 0.2) is 0 Å². The van der Waals surface area contributed by atoms with Gasteiger partial charge < -0.3 is 25.0 Å². The summed E-state index contributed by atoms with van der Waals surface area (Å²) in [6.45, 7) is 3.16. The summed E-state index contributed by atoms with van der Waals surface area (Å²) < 4.78 is 12.0. The van der Waals surface area contributed by atoms with E-state index < -0.39 is 0 Å². The second kappa shape index (κ2) is 9.62. The van der Waals surface area contributed by atoms with Gasteiger partial charge in [-0.15, -0.1) is 0 Å². The lowest BCUT2D eigenvalue weighted by molar-refractivity contribution is 0.122. The SMILES string of the molecule is CNc1nc(NC2CCC(Oc3cc(N4CCOCC4)cc4nccnc34)CC2)cc(=O)[nH]1. The molecule has 3 N–H and O–H groups in total. The largest absolute Gasteiger partial charge is 0.488 e. The van der Waals surface area contributed by atoms with Crippen LogP contribution in [0.1, 0.15) is 25.7 Å². The van der Waals surface area contributed by atoms with Gasteiger partial charge in [-0.3, -0.25) is 14.8 Å². The van der Waals surface area contributed by atoms with Gasteiger partial charge in [0.25, 0.3) is 5.56 Å². The number of aromatic nitrogens is 4. The first-order chi connectivity index (χ1) is 16.2. The molecule has 0 bridgehead atoms. The van der Waals surface area contributed by atoms with Crippen molar-refractivity contribution in [2.24, 2.45) is 0 Å². The Morgan fingerprint density at radius 3 is 2.67 bits per heavy atom. The van der Waals surface area contributed by atoms with E-state index in [2.05, 4.69) is 47.6 Å². The van der Waals surface area contributed by atoms with Gasteiger partial charge in [-0.2, -0.15) is 4.98 Å². The summed E-state index contributed by atoms with van der Waals surface area (Å²) in [7, 11) is 1.73. The Hall–Kier alpha value is -3.40. The molecule has 2 fully saturated rings. The van der Waals surface area contributed by atoms with E-state index in [0.717, 1.165) is 74.5 Å². The van der Waals surface area contributed by atoms with Crippen molar-refractivity contribution in [3.63, 3.8) is 0 Å². The van der Waals surface area contributed by atoms with Crippen LogP contribution in [0.4, 0.5) is 17.5 Å². The average molecular weight is 452 g/mol. The standard InChI is InChI=1S/C23H29N7O3/c1-24-23-28-20(14-21(31)29-23)27-15-2-4-17(5-3-15)33-19-13-16(30-8-10-32-11-9-30)12-18-22(19)26-7-6-25-18/h6-7,12-15,17H,2-5,8-11H2,1H3,(H3,24,27,28,29,31). The summed E-state index contributed by atoms with van der Waals surface area (Å²) in [5.41, 5.74) is 2.55. The van der Waals surface area contributed by atoms with Crippen molar-refractivity contribution in [1.82, 2.24) is 19.9 Å². The summed E-state index contributed by atoms with van der Waals surface area (Å²) in [5.74, 6) is 1.83. The van der Waals surface area contributed by atoms with E-state index in [1.54, 1.807) is 19.4 Å². The monoisotopic (exact) mass is 451 g/mol. The summed E-state index contributed by atoms with van der Waals surface area (Å²) in [4.78, 5) is 30.2. The first-order valence-electron chi connectivity index (χ1n) is 11.5. The smallest absolute Gasteiger partial charge is 0.254 e. The van der Waals surface area contributed by atoms with Gasteiger partial charge in [0.1, 0.15) is 17.1 Å². The number of benzene rings is 1. The minimum atomic E-state index is -0.179. The van der Waals surface area contributed by atoms with Crippen LogP contribution in [0.2, 0.25) is 0 Å². The number of anilines is 3. The lowest BCUT2D eigenvalue weighted by atomic mass is 9.93. The first-order valence-corrected chi connectivity index (χ1v) is 11.5. The number of aromatic amines is 1. The van der Waals surface area contributed by atoms with Crippen molar-refractivity contribution in [1.29, 1.82) is 0 Å². The summed E-state index contributed by atoms with van der Waals surface area (Å²) in [5, 5.41) is 6.27. The molecule has 2 aliphatic rings. The van der Waals surface area contributed by atoms with Crippen LogP contribution in [-0.4, -0.2) is 65.4 Å². The lowest BCUT2D eigenvalue weighted by Gasteiger charge is -2.31. The number of ether oxygens (including phenoxy) is 2. The van der Waals surface area contributed by atoms with E-state index >= 15 is 0 Å². The molecule has 3 aromatic rings. The molecule has 1 saturated carbocycles. The molecular weight excluding hydrogens is 422 g/mol. The molecule has 10 heteroatoms. The third kappa shape index (κ3) is 5.00. The highest BCUT2D eigenvalue weighted by Crippen LogP contribution is 2.33. The predicted octanol–water partition coefficient (Wildman–Crippen LogP) is 2.39. The number of nitrogens with one attached hydrogen (secondary N) is 3. The fourth-order valence-electron chi connectivity index (χ4n) is 4.49. The molecule has 0 atom stereocenters. The molecule has 10 nitrogen and oxygen atoms in total. The van der Waals surface area contributed by atoms with Gasteiger partial charge in [-0.1, -0.05) is 0 Å². The van der Waals surface area contributed by atoms with Gasteiger partial charge in [0, 0.05) is 56.4 Å².